The van der Waals surface area contributed by atoms with Gasteiger partial charge in [0.15, 0.2) is 0 Å². The van der Waals surface area contributed by atoms with Gasteiger partial charge in [-0.1, -0.05) is 23.7 Å². The van der Waals surface area contributed by atoms with E-state index < -0.39 is 0 Å². The number of aromatic nitrogens is 3. The van der Waals surface area contributed by atoms with Crippen LogP contribution in [0.2, 0.25) is 5.02 Å². The lowest BCUT2D eigenvalue weighted by Crippen LogP contribution is -2.23. The minimum atomic E-state index is -0.349. The van der Waals surface area contributed by atoms with E-state index >= 15 is 0 Å². The first-order valence-corrected chi connectivity index (χ1v) is 10.6. The number of pyridine rings is 1. The van der Waals surface area contributed by atoms with Crippen LogP contribution in [0.15, 0.2) is 84.0 Å². The topological polar surface area (TPSA) is 66.2 Å². The SMILES string of the molecule is Cc1cc(Oc2ccc(CCOc3ccn(Cc4ccncc4)c(=O)n3)cc2)ccc1Cl. The number of halogens is 1. The average molecular weight is 448 g/mol. The molecule has 0 N–H and O–H groups in total. The van der Waals surface area contributed by atoms with Crippen molar-refractivity contribution in [2.24, 2.45) is 0 Å². The fourth-order valence-electron chi connectivity index (χ4n) is 3.11. The molecule has 0 spiro atoms. The molecule has 0 radical (unpaired) electrons. The largest absolute Gasteiger partial charge is 0.477 e. The van der Waals surface area contributed by atoms with Gasteiger partial charge in [0, 0.05) is 36.1 Å². The highest BCUT2D eigenvalue weighted by Gasteiger charge is 2.04. The number of aryl methyl sites for hydroxylation is 1. The highest BCUT2D eigenvalue weighted by atomic mass is 35.5. The Morgan fingerprint density at radius 3 is 2.41 bits per heavy atom. The molecular weight excluding hydrogens is 426 g/mol. The second-order valence-corrected chi connectivity index (χ2v) is 7.69. The first-order valence-electron chi connectivity index (χ1n) is 10.2. The number of benzene rings is 2. The van der Waals surface area contributed by atoms with Gasteiger partial charge in [-0.15, -0.1) is 0 Å². The van der Waals surface area contributed by atoms with Crippen LogP contribution < -0.4 is 15.2 Å². The summed E-state index contributed by atoms with van der Waals surface area (Å²) in [5.41, 5.74) is 2.70. The molecule has 2 heterocycles. The number of nitrogens with zero attached hydrogens (tertiary/aromatic N) is 3. The Labute approximate surface area is 191 Å². The maximum Gasteiger partial charge on any atom is 0.351 e. The molecule has 0 bridgehead atoms. The quantitative estimate of drug-likeness (QED) is 0.377. The number of hydrogen-bond donors (Lipinski definition) is 0. The summed E-state index contributed by atoms with van der Waals surface area (Å²) in [6, 6.07) is 18.8. The molecule has 0 aliphatic rings. The van der Waals surface area contributed by atoms with E-state index in [9.17, 15) is 4.79 Å². The Morgan fingerprint density at radius 2 is 1.69 bits per heavy atom. The smallest absolute Gasteiger partial charge is 0.351 e. The van der Waals surface area contributed by atoms with Crippen molar-refractivity contribution in [2.75, 3.05) is 6.61 Å². The van der Waals surface area contributed by atoms with E-state index in [-0.39, 0.29) is 5.69 Å². The van der Waals surface area contributed by atoms with Gasteiger partial charge in [0.2, 0.25) is 5.88 Å². The lowest BCUT2D eigenvalue weighted by Gasteiger charge is -2.09. The van der Waals surface area contributed by atoms with Crippen LogP contribution in [0.25, 0.3) is 0 Å². The molecule has 0 saturated carbocycles. The third-order valence-corrected chi connectivity index (χ3v) is 5.30. The normalized spacial score (nSPS) is 10.7. The molecule has 4 aromatic rings. The molecular formula is C25H22ClN3O3. The summed E-state index contributed by atoms with van der Waals surface area (Å²) in [4.78, 5) is 20.2. The third kappa shape index (κ3) is 5.74. The molecule has 0 fully saturated rings. The molecule has 6 nitrogen and oxygen atoms in total. The lowest BCUT2D eigenvalue weighted by molar-refractivity contribution is 0.306. The maximum atomic E-state index is 12.2. The van der Waals surface area contributed by atoms with Gasteiger partial charge in [-0.3, -0.25) is 9.55 Å². The molecule has 162 valence electrons. The fraction of sp³-hybridized carbons (Fsp3) is 0.160. The minimum Gasteiger partial charge on any atom is -0.477 e. The van der Waals surface area contributed by atoms with Crippen molar-refractivity contribution >= 4 is 11.6 Å². The molecule has 32 heavy (non-hydrogen) atoms. The van der Waals surface area contributed by atoms with Crippen LogP contribution in [-0.2, 0) is 13.0 Å². The molecule has 4 rings (SSSR count). The summed E-state index contributed by atoms with van der Waals surface area (Å²) >= 11 is 6.05. The second kappa shape index (κ2) is 10.1. The Bertz CT molecular complexity index is 1240. The van der Waals surface area contributed by atoms with Gasteiger partial charge < -0.3 is 9.47 Å². The zero-order chi connectivity index (χ0) is 22.3. The number of rotatable bonds is 8. The summed E-state index contributed by atoms with van der Waals surface area (Å²) < 4.78 is 13.1. The fourth-order valence-corrected chi connectivity index (χ4v) is 3.23. The van der Waals surface area contributed by atoms with Gasteiger partial charge in [0.1, 0.15) is 11.5 Å². The number of hydrogen-bond acceptors (Lipinski definition) is 5. The van der Waals surface area contributed by atoms with Crippen molar-refractivity contribution in [2.45, 2.75) is 19.9 Å². The Hall–Kier alpha value is -3.64. The maximum absolute atomic E-state index is 12.2. The van der Waals surface area contributed by atoms with Gasteiger partial charge in [0.05, 0.1) is 13.2 Å². The van der Waals surface area contributed by atoms with Crippen LogP contribution >= 0.6 is 11.6 Å². The molecule has 0 aliphatic heterocycles. The standard InChI is InChI=1S/C25H22ClN3O3/c1-18-16-22(6-7-23(18)26)32-21-4-2-19(3-5-21)11-15-31-24-10-14-29(25(30)28-24)17-20-8-12-27-13-9-20/h2-10,12-14,16H,11,15,17H2,1H3. The zero-order valence-electron chi connectivity index (χ0n) is 17.6. The van der Waals surface area contributed by atoms with Gasteiger partial charge in [-0.2, -0.15) is 4.98 Å². The van der Waals surface area contributed by atoms with Crippen LogP contribution in [0, 0.1) is 6.92 Å². The third-order valence-electron chi connectivity index (χ3n) is 4.88. The second-order valence-electron chi connectivity index (χ2n) is 7.29. The molecule has 0 amide bonds. The van der Waals surface area contributed by atoms with Crippen molar-refractivity contribution in [3.63, 3.8) is 0 Å². The summed E-state index contributed by atoms with van der Waals surface area (Å²) in [6.45, 7) is 2.80. The van der Waals surface area contributed by atoms with Crippen LogP contribution in [0.3, 0.4) is 0 Å². The molecule has 0 atom stereocenters. The average Bonchev–Trinajstić information content (AvgIpc) is 2.80. The van der Waals surface area contributed by atoms with E-state index in [1.54, 1.807) is 24.7 Å². The van der Waals surface area contributed by atoms with Gasteiger partial charge in [0.25, 0.3) is 0 Å². The Morgan fingerprint density at radius 1 is 0.938 bits per heavy atom. The first kappa shape index (κ1) is 21.6. The Balaban J connectivity index is 1.29. The zero-order valence-corrected chi connectivity index (χ0v) is 18.3. The predicted octanol–water partition coefficient (Wildman–Crippen LogP) is 5.06. The molecule has 2 aromatic carbocycles. The summed E-state index contributed by atoms with van der Waals surface area (Å²) in [5, 5.41) is 0.716. The van der Waals surface area contributed by atoms with Crippen molar-refractivity contribution in [1.29, 1.82) is 0 Å². The minimum absolute atomic E-state index is 0.319. The summed E-state index contributed by atoms with van der Waals surface area (Å²) in [5.74, 6) is 1.81. The van der Waals surface area contributed by atoms with Crippen molar-refractivity contribution in [3.05, 3.63) is 111 Å². The molecule has 0 unspecified atom stereocenters. The highest BCUT2D eigenvalue weighted by molar-refractivity contribution is 6.31. The van der Waals surface area contributed by atoms with E-state index in [1.807, 2.05) is 61.5 Å². The highest BCUT2D eigenvalue weighted by Crippen LogP contribution is 2.26. The summed E-state index contributed by atoms with van der Waals surface area (Å²) in [7, 11) is 0. The Kier molecular flexibility index (Phi) is 6.82. The van der Waals surface area contributed by atoms with Gasteiger partial charge in [-0.05, 0) is 66.1 Å². The number of ether oxygens (including phenoxy) is 2. The molecule has 7 heteroatoms. The predicted molar refractivity (Wildman–Crippen MR) is 124 cm³/mol. The van der Waals surface area contributed by atoms with E-state index in [4.69, 9.17) is 21.1 Å². The monoisotopic (exact) mass is 447 g/mol. The first-order chi connectivity index (χ1) is 15.6. The van der Waals surface area contributed by atoms with Gasteiger partial charge in [-0.25, -0.2) is 4.79 Å². The van der Waals surface area contributed by atoms with Crippen molar-refractivity contribution in [1.82, 2.24) is 14.5 Å². The summed E-state index contributed by atoms with van der Waals surface area (Å²) in [6.07, 6.45) is 5.77. The lowest BCUT2D eigenvalue weighted by atomic mass is 10.1. The van der Waals surface area contributed by atoms with Gasteiger partial charge >= 0.3 is 5.69 Å². The van der Waals surface area contributed by atoms with E-state index in [0.29, 0.717) is 30.5 Å². The van der Waals surface area contributed by atoms with E-state index in [1.165, 1.54) is 4.57 Å². The van der Waals surface area contributed by atoms with Crippen LogP contribution in [0.1, 0.15) is 16.7 Å². The molecule has 0 aliphatic carbocycles. The molecule has 2 aromatic heterocycles. The van der Waals surface area contributed by atoms with Crippen LogP contribution in [0.4, 0.5) is 0 Å². The van der Waals surface area contributed by atoms with Crippen LogP contribution in [0.5, 0.6) is 17.4 Å². The van der Waals surface area contributed by atoms with E-state index in [0.717, 1.165) is 28.2 Å². The van der Waals surface area contributed by atoms with E-state index in [2.05, 4.69) is 9.97 Å². The van der Waals surface area contributed by atoms with Crippen molar-refractivity contribution in [3.8, 4) is 17.4 Å². The molecule has 0 saturated heterocycles. The van der Waals surface area contributed by atoms with Crippen molar-refractivity contribution < 1.29 is 9.47 Å². The van der Waals surface area contributed by atoms with Crippen LogP contribution in [-0.4, -0.2) is 21.1 Å².